The predicted molar refractivity (Wildman–Crippen MR) is 70.7 cm³/mol. The Kier molecular flexibility index (Phi) is 2.62. The first-order valence-corrected chi connectivity index (χ1v) is 5.82. The third-order valence-corrected chi connectivity index (χ3v) is 2.99. The zero-order valence-corrected chi connectivity index (χ0v) is 9.96. The van der Waals surface area contributed by atoms with Gasteiger partial charge >= 0.3 is 5.97 Å². The second-order valence-corrected chi connectivity index (χ2v) is 4.12. The normalized spacial score (nSPS) is 15.4. The molecular weight excluding hydrogens is 238 g/mol. The molecule has 1 heterocycles. The molecule has 0 saturated carbocycles. The molecule has 0 atom stereocenters. The van der Waals surface area contributed by atoms with Crippen molar-refractivity contribution in [2.24, 2.45) is 0 Å². The SMILES string of the molecule is N#C/C(=C1/OC(=O)c2ccccc21)c1ccccc1. The summed E-state index contributed by atoms with van der Waals surface area (Å²) in [5.74, 6) is -0.0661. The van der Waals surface area contributed by atoms with Crippen molar-refractivity contribution in [1.82, 2.24) is 0 Å². The Balaban J connectivity index is 2.24. The molecule has 0 unspecified atom stereocenters. The fourth-order valence-electron chi connectivity index (χ4n) is 2.10. The molecule has 1 aliphatic heterocycles. The van der Waals surface area contributed by atoms with Gasteiger partial charge in [-0.15, -0.1) is 0 Å². The van der Waals surface area contributed by atoms with Crippen LogP contribution in [0.4, 0.5) is 0 Å². The summed E-state index contributed by atoms with van der Waals surface area (Å²) in [7, 11) is 0. The molecule has 1 aliphatic rings. The zero-order chi connectivity index (χ0) is 13.2. The van der Waals surface area contributed by atoms with Gasteiger partial charge in [-0.25, -0.2) is 4.79 Å². The van der Waals surface area contributed by atoms with E-state index in [0.717, 1.165) is 5.56 Å². The number of nitriles is 1. The van der Waals surface area contributed by atoms with Gasteiger partial charge in [-0.1, -0.05) is 48.5 Å². The number of cyclic esters (lactones) is 1. The van der Waals surface area contributed by atoms with E-state index in [0.29, 0.717) is 22.5 Å². The zero-order valence-electron chi connectivity index (χ0n) is 9.96. The van der Waals surface area contributed by atoms with E-state index in [1.165, 1.54) is 0 Å². The average molecular weight is 247 g/mol. The summed E-state index contributed by atoms with van der Waals surface area (Å²) in [6.45, 7) is 0. The van der Waals surface area contributed by atoms with E-state index in [1.807, 2.05) is 36.4 Å². The maximum Gasteiger partial charge on any atom is 0.344 e. The molecule has 19 heavy (non-hydrogen) atoms. The second-order valence-electron chi connectivity index (χ2n) is 4.12. The Morgan fingerprint density at radius 1 is 0.947 bits per heavy atom. The second kappa shape index (κ2) is 4.43. The molecule has 90 valence electrons. The topological polar surface area (TPSA) is 50.1 Å². The average Bonchev–Trinajstić information content (AvgIpc) is 2.79. The Morgan fingerprint density at radius 3 is 2.26 bits per heavy atom. The fourth-order valence-corrected chi connectivity index (χ4v) is 2.10. The molecule has 0 saturated heterocycles. The van der Waals surface area contributed by atoms with Gasteiger partial charge in [0.15, 0.2) is 5.76 Å². The van der Waals surface area contributed by atoms with E-state index in [9.17, 15) is 10.1 Å². The molecule has 0 radical (unpaired) electrons. The third-order valence-electron chi connectivity index (χ3n) is 2.99. The van der Waals surface area contributed by atoms with Gasteiger partial charge in [0, 0.05) is 5.56 Å². The number of esters is 1. The highest BCUT2D eigenvalue weighted by Gasteiger charge is 2.29. The van der Waals surface area contributed by atoms with Gasteiger partial charge < -0.3 is 4.74 Å². The number of fused-ring (bicyclic) bond motifs is 1. The van der Waals surface area contributed by atoms with Crippen LogP contribution in [-0.2, 0) is 4.74 Å². The van der Waals surface area contributed by atoms with Crippen LogP contribution in [0.3, 0.4) is 0 Å². The number of hydrogen-bond donors (Lipinski definition) is 0. The minimum absolute atomic E-state index is 0.342. The van der Waals surface area contributed by atoms with E-state index in [1.54, 1.807) is 18.2 Å². The van der Waals surface area contributed by atoms with Crippen LogP contribution >= 0.6 is 0 Å². The van der Waals surface area contributed by atoms with Gasteiger partial charge in [0.25, 0.3) is 0 Å². The number of benzene rings is 2. The molecule has 0 bridgehead atoms. The molecule has 0 spiro atoms. The summed E-state index contributed by atoms with van der Waals surface area (Å²) in [5.41, 5.74) is 2.29. The smallest absolute Gasteiger partial charge is 0.344 e. The largest absolute Gasteiger partial charge is 0.421 e. The summed E-state index contributed by atoms with van der Waals surface area (Å²) in [4.78, 5) is 11.8. The van der Waals surface area contributed by atoms with Gasteiger partial charge in [0.05, 0.1) is 5.56 Å². The number of ether oxygens (including phenoxy) is 1. The van der Waals surface area contributed by atoms with Crippen molar-refractivity contribution in [3.63, 3.8) is 0 Å². The number of carbonyl (C=O) groups is 1. The highest BCUT2D eigenvalue weighted by atomic mass is 16.5. The monoisotopic (exact) mass is 247 g/mol. The van der Waals surface area contributed by atoms with Crippen molar-refractivity contribution in [2.75, 3.05) is 0 Å². The molecule has 3 nitrogen and oxygen atoms in total. The van der Waals surface area contributed by atoms with Crippen molar-refractivity contribution < 1.29 is 9.53 Å². The van der Waals surface area contributed by atoms with E-state index in [2.05, 4.69) is 6.07 Å². The number of hydrogen-bond acceptors (Lipinski definition) is 3. The van der Waals surface area contributed by atoms with Gasteiger partial charge in [-0.2, -0.15) is 5.26 Å². The van der Waals surface area contributed by atoms with Crippen molar-refractivity contribution in [3.05, 3.63) is 71.3 Å². The van der Waals surface area contributed by atoms with Crippen LogP contribution in [0.2, 0.25) is 0 Å². The number of allylic oxidation sites excluding steroid dienone is 1. The molecule has 0 N–H and O–H groups in total. The Labute approximate surface area is 110 Å². The maximum absolute atomic E-state index is 11.8. The molecular formula is C16H9NO2. The number of nitrogens with zero attached hydrogens (tertiary/aromatic N) is 1. The first-order chi connectivity index (χ1) is 9.31. The van der Waals surface area contributed by atoms with Gasteiger partial charge in [0.1, 0.15) is 11.6 Å². The Hall–Kier alpha value is -2.86. The molecule has 0 aliphatic carbocycles. The van der Waals surface area contributed by atoms with Crippen LogP contribution in [0.15, 0.2) is 54.6 Å². The lowest BCUT2D eigenvalue weighted by Crippen LogP contribution is -1.93. The molecule has 2 aromatic carbocycles. The van der Waals surface area contributed by atoms with Gasteiger partial charge in [-0.05, 0) is 11.6 Å². The first-order valence-electron chi connectivity index (χ1n) is 5.82. The minimum atomic E-state index is -0.408. The summed E-state index contributed by atoms with van der Waals surface area (Å²) in [5, 5.41) is 9.35. The highest BCUT2D eigenvalue weighted by molar-refractivity contribution is 6.09. The predicted octanol–water partition coefficient (Wildman–Crippen LogP) is 3.25. The van der Waals surface area contributed by atoms with Crippen LogP contribution in [0, 0.1) is 11.3 Å². The van der Waals surface area contributed by atoms with Gasteiger partial charge in [-0.3, -0.25) is 0 Å². The van der Waals surface area contributed by atoms with Crippen molar-refractivity contribution in [2.45, 2.75) is 0 Å². The van der Waals surface area contributed by atoms with Crippen LogP contribution in [0.25, 0.3) is 11.3 Å². The molecule has 0 aromatic heterocycles. The lowest BCUT2D eigenvalue weighted by molar-refractivity contribution is 0.0716. The quantitative estimate of drug-likeness (QED) is 0.574. The Morgan fingerprint density at radius 2 is 1.58 bits per heavy atom. The lowest BCUT2D eigenvalue weighted by Gasteiger charge is -2.03. The minimum Gasteiger partial charge on any atom is -0.421 e. The van der Waals surface area contributed by atoms with Crippen LogP contribution < -0.4 is 0 Å². The van der Waals surface area contributed by atoms with Gasteiger partial charge in [0.2, 0.25) is 0 Å². The fraction of sp³-hybridized carbons (Fsp3) is 0. The first kappa shape index (κ1) is 11.2. The van der Waals surface area contributed by atoms with Crippen LogP contribution in [-0.4, -0.2) is 5.97 Å². The van der Waals surface area contributed by atoms with Crippen LogP contribution in [0.1, 0.15) is 21.5 Å². The Bertz CT molecular complexity index is 724. The van der Waals surface area contributed by atoms with E-state index >= 15 is 0 Å². The van der Waals surface area contributed by atoms with E-state index in [4.69, 9.17) is 4.74 Å². The van der Waals surface area contributed by atoms with Crippen LogP contribution in [0.5, 0.6) is 0 Å². The molecule has 3 heteroatoms. The molecule has 0 fully saturated rings. The van der Waals surface area contributed by atoms with Crippen molar-refractivity contribution in [3.8, 4) is 6.07 Å². The van der Waals surface area contributed by atoms with Crippen molar-refractivity contribution in [1.29, 1.82) is 5.26 Å². The molecule has 0 amide bonds. The molecule has 2 aromatic rings. The third kappa shape index (κ3) is 1.80. The number of rotatable bonds is 1. The summed E-state index contributed by atoms with van der Waals surface area (Å²) < 4.78 is 5.26. The summed E-state index contributed by atoms with van der Waals surface area (Å²) in [6, 6.07) is 18.4. The summed E-state index contributed by atoms with van der Waals surface area (Å²) >= 11 is 0. The highest BCUT2D eigenvalue weighted by Crippen LogP contribution is 2.35. The lowest BCUT2D eigenvalue weighted by atomic mass is 10.0. The number of carbonyl (C=O) groups excluding carboxylic acids is 1. The molecule has 3 rings (SSSR count). The summed E-state index contributed by atoms with van der Waals surface area (Å²) in [6.07, 6.45) is 0. The maximum atomic E-state index is 11.8. The van der Waals surface area contributed by atoms with Crippen molar-refractivity contribution >= 4 is 17.3 Å². The van der Waals surface area contributed by atoms with E-state index < -0.39 is 5.97 Å². The standard InChI is InChI=1S/C16H9NO2/c17-10-14(11-6-2-1-3-7-11)15-12-8-4-5-9-13(12)16(18)19-15/h1-9H/b15-14-. The van der Waals surface area contributed by atoms with E-state index in [-0.39, 0.29) is 0 Å².